The van der Waals surface area contributed by atoms with Gasteiger partial charge in [-0.15, -0.1) is 0 Å². The summed E-state index contributed by atoms with van der Waals surface area (Å²) in [5.41, 5.74) is -1.11. The number of hydrogen-bond donors (Lipinski definition) is 2. The fraction of sp³-hybridized carbons (Fsp3) is 0.542. The van der Waals surface area contributed by atoms with Gasteiger partial charge in [0.25, 0.3) is 0 Å². The Balaban J connectivity index is 1.38. The maximum Gasteiger partial charge on any atom is 0.433 e. The van der Waals surface area contributed by atoms with E-state index in [9.17, 15) is 18.0 Å². The van der Waals surface area contributed by atoms with E-state index < -0.39 is 23.2 Å². The fourth-order valence-corrected chi connectivity index (χ4v) is 4.33. The first kappa shape index (κ1) is 24.7. The van der Waals surface area contributed by atoms with Gasteiger partial charge in [0, 0.05) is 31.0 Å². The maximum absolute atomic E-state index is 13.0. The van der Waals surface area contributed by atoms with E-state index in [0.717, 1.165) is 56.3 Å². The van der Waals surface area contributed by atoms with Crippen molar-refractivity contribution >= 4 is 28.9 Å². The number of aromatic nitrogens is 2. The lowest BCUT2D eigenvalue weighted by Crippen LogP contribution is -2.43. The first-order valence-electron chi connectivity index (χ1n) is 11.5. The number of anilines is 2. The van der Waals surface area contributed by atoms with Gasteiger partial charge in [0.15, 0.2) is 0 Å². The summed E-state index contributed by atoms with van der Waals surface area (Å²) >= 11 is 6.54. The lowest BCUT2D eigenvalue weighted by atomic mass is 9.90. The quantitative estimate of drug-likeness (QED) is 0.563. The Morgan fingerprint density at radius 2 is 1.85 bits per heavy atom. The second-order valence-corrected chi connectivity index (χ2v) is 10.0. The highest BCUT2D eigenvalue weighted by atomic mass is 35.5. The second kappa shape index (κ2) is 9.70. The summed E-state index contributed by atoms with van der Waals surface area (Å²) in [7, 11) is 0. The van der Waals surface area contributed by atoms with Crippen LogP contribution in [0.15, 0.2) is 30.5 Å². The number of hydrogen-bond acceptors (Lipinski definition) is 5. The molecule has 2 fully saturated rings. The van der Waals surface area contributed by atoms with Crippen molar-refractivity contribution < 1.29 is 18.0 Å². The van der Waals surface area contributed by atoms with Crippen molar-refractivity contribution in [2.45, 2.75) is 57.2 Å². The monoisotopic (exact) mass is 495 g/mol. The van der Waals surface area contributed by atoms with E-state index in [4.69, 9.17) is 11.6 Å². The summed E-state index contributed by atoms with van der Waals surface area (Å²) < 4.78 is 39.1. The Kier molecular flexibility index (Phi) is 7.05. The van der Waals surface area contributed by atoms with Crippen LogP contribution in [0.5, 0.6) is 0 Å². The molecule has 2 aromatic rings. The largest absolute Gasteiger partial charge is 0.433 e. The highest BCUT2D eigenvalue weighted by molar-refractivity contribution is 6.33. The molecule has 2 aliphatic rings. The fourth-order valence-electron chi connectivity index (χ4n) is 4.03. The molecule has 0 bridgehead atoms. The van der Waals surface area contributed by atoms with Gasteiger partial charge in [-0.1, -0.05) is 11.6 Å². The standard InChI is InChI=1S/C24H29ClF3N5O/c1-23(2,21-29-10-7-20(32-21)24(26,27)28)22(34)31-17-5-6-19(18(25)13-17)33-11-8-16(9-12-33)30-14-15-3-4-15/h5-7,10,13,15-16,30H,3-4,8-9,11-12,14H2,1-2H3,(H,31,34). The summed E-state index contributed by atoms with van der Waals surface area (Å²) in [6.07, 6.45) is 1.17. The topological polar surface area (TPSA) is 70.2 Å². The highest BCUT2D eigenvalue weighted by Crippen LogP contribution is 2.33. The zero-order valence-corrected chi connectivity index (χ0v) is 20.0. The Morgan fingerprint density at radius 1 is 1.15 bits per heavy atom. The molecule has 2 N–H and O–H groups in total. The highest BCUT2D eigenvalue weighted by Gasteiger charge is 2.38. The first-order valence-corrected chi connectivity index (χ1v) is 11.9. The third kappa shape index (κ3) is 5.81. The molecule has 0 atom stereocenters. The zero-order valence-electron chi connectivity index (χ0n) is 19.3. The van der Waals surface area contributed by atoms with Gasteiger partial charge in [-0.2, -0.15) is 13.2 Å². The molecule has 1 amide bonds. The number of carbonyl (C=O) groups is 1. The van der Waals surface area contributed by atoms with Crippen LogP contribution < -0.4 is 15.5 Å². The normalized spacial score (nSPS) is 17.6. The molecular weight excluding hydrogens is 467 g/mol. The van der Waals surface area contributed by atoms with Gasteiger partial charge >= 0.3 is 6.18 Å². The number of benzene rings is 1. The lowest BCUT2D eigenvalue weighted by molar-refractivity contribution is -0.141. The molecule has 0 radical (unpaired) electrons. The molecule has 34 heavy (non-hydrogen) atoms. The minimum atomic E-state index is -4.62. The molecule has 0 spiro atoms. The maximum atomic E-state index is 13.0. The van der Waals surface area contributed by atoms with Gasteiger partial charge in [-0.25, -0.2) is 9.97 Å². The van der Waals surface area contributed by atoms with Crippen molar-refractivity contribution in [2.75, 3.05) is 29.9 Å². The molecule has 184 valence electrons. The smallest absolute Gasteiger partial charge is 0.370 e. The van der Waals surface area contributed by atoms with E-state index in [1.165, 1.54) is 26.7 Å². The molecule has 1 saturated heterocycles. The van der Waals surface area contributed by atoms with Crippen LogP contribution in [0.4, 0.5) is 24.5 Å². The van der Waals surface area contributed by atoms with E-state index >= 15 is 0 Å². The number of alkyl halides is 3. The van der Waals surface area contributed by atoms with Gasteiger partial charge in [0.05, 0.1) is 10.7 Å². The van der Waals surface area contributed by atoms with Crippen molar-refractivity contribution in [3.8, 4) is 0 Å². The number of halogens is 4. The molecule has 1 aromatic carbocycles. The molecule has 4 rings (SSSR count). The summed E-state index contributed by atoms with van der Waals surface area (Å²) in [4.78, 5) is 22.6. The first-order chi connectivity index (χ1) is 16.0. The second-order valence-electron chi connectivity index (χ2n) is 9.62. The Bertz CT molecular complexity index is 1030. The minimum absolute atomic E-state index is 0.208. The number of carbonyl (C=O) groups excluding carboxylic acids is 1. The molecule has 10 heteroatoms. The average molecular weight is 496 g/mol. The molecule has 2 heterocycles. The average Bonchev–Trinajstić information content (AvgIpc) is 3.62. The van der Waals surface area contributed by atoms with Gasteiger partial charge in [-0.05, 0) is 76.3 Å². The van der Waals surface area contributed by atoms with Gasteiger partial charge in [0.1, 0.15) is 16.9 Å². The third-order valence-electron chi connectivity index (χ3n) is 6.51. The van der Waals surface area contributed by atoms with E-state index in [1.54, 1.807) is 12.1 Å². The Labute approximate surface area is 202 Å². The van der Waals surface area contributed by atoms with Crippen molar-refractivity contribution in [1.82, 2.24) is 15.3 Å². The molecule has 6 nitrogen and oxygen atoms in total. The van der Waals surface area contributed by atoms with Crippen molar-refractivity contribution in [2.24, 2.45) is 5.92 Å². The van der Waals surface area contributed by atoms with E-state index in [2.05, 4.69) is 25.5 Å². The number of piperidine rings is 1. The molecule has 1 aromatic heterocycles. The van der Waals surface area contributed by atoms with Gasteiger partial charge in [-0.3, -0.25) is 4.79 Å². The van der Waals surface area contributed by atoms with Crippen LogP contribution in [0, 0.1) is 5.92 Å². The molecule has 0 unspecified atom stereocenters. The molecule has 1 aliphatic carbocycles. The zero-order chi connectivity index (χ0) is 24.5. The number of nitrogens with zero attached hydrogens (tertiary/aromatic N) is 3. The minimum Gasteiger partial charge on any atom is -0.370 e. The van der Waals surface area contributed by atoms with Crippen molar-refractivity contribution in [3.63, 3.8) is 0 Å². The Hall–Kier alpha value is -2.39. The van der Waals surface area contributed by atoms with Crippen molar-refractivity contribution in [3.05, 3.63) is 47.0 Å². The summed E-state index contributed by atoms with van der Waals surface area (Å²) in [5.74, 6) is 0.124. The molecule has 1 saturated carbocycles. The van der Waals surface area contributed by atoms with Crippen LogP contribution in [0.1, 0.15) is 51.0 Å². The van der Waals surface area contributed by atoms with Gasteiger partial charge in [0.2, 0.25) is 5.91 Å². The Morgan fingerprint density at radius 3 is 2.47 bits per heavy atom. The molecular formula is C24H29ClF3N5O. The third-order valence-corrected chi connectivity index (χ3v) is 6.81. The predicted octanol–water partition coefficient (Wildman–Crippen LogP) is 5.03. The van der Waals surface area contributed by atoms with Gasteiger partial charge < -0.3 is 15.5 Å². The van der Waals surface area contributed by atoms with E-state index in [1.807, 2.05) is 6.07 Å². The summed E-state index contributed by atoms with van der Waals surface area (Å²) in [5, 5.41) is 6.91. The van der Waals surface area contributed by atoms with Crippen LogP contribution in [0.25, 0.3) is 0 Å². The van der Waals surface area contributed by atoms with Crippen LogP contribution in [0.3, 0.4) is 0 Å². The number of amides is 1. The predicted molar refractivity (Wildman–Crippen MR) is 126 cm³/mol. The van der Waals surface area contributed by atoms with Crippen LogP contribution in [-0.2, 0) is 16.4 Å². The van der Waals surface area contributed by atoms with E-state index in [0.29, 0.717) is 16.8 Å². The summed E-state index contributed by atoms with van der Waals surface area (Å²) in [6.45, 7) is 5.87. The lowest BCUT2D eigenvalue weighted by Gasteiger charge is -2.34. The van der Waals surface area contributed by atoms with E-state index in [-0.39, 0.29) is 5.82 Å². The summed E-state index contributed by atoms with van der Waals surface area (Å²) in [6, 6.07) is 6.59. The van der Waals surface area contributed by atoms with Crippen LogP contribution >= 0.6 is 11.6 Å². The van der Waals surface area contributed by atoms with Crippen molar-refractivity contribution in [1.29, 1.82) is 0 Å². The van der Waals surface area contributed by atoms with Crippen LogP contribution in [0.2, 0.25) is 5.02 Å². The molecule has 1 aliphatic heterocycles. The van der Waals surface area contributed by atoms with Crippen LogP contribution in [-0.4, -0.2) is 41.6 Å². The number of nitrogens with one attached hydrogen (secondary N) is 2. The SMILES string of the molecule is CC(C)(C(=O)Nc1ccc(N2CCC(NCC3CC3)CC2)c(Cl)c1)c1nccc(C(F)(F)F)n1. The number of rotatable bonds is 7.